The van der Waals surface area contributed by atoms with Crippen molar-refractivity contribution in [1.82, 2.24) is 15.5 Å². The van der Waals surface area contributed by atoms with E-state index in [2.05, 4.69) is 10.6 Å². The van der Waals surface area contributed by atoms with Crippen molar-refractivity contribution in [2.45, 2.75) is 13.3 Å². The minimum Gasteiger partial charge on any atom is -0.358 e. The molecule has 0 aromatic rings. The standard InChI is InChI=1S/C9H19N3O2/c1-4-5-12(7-8(13)11-3)9(14)6-10-2/h10H,4-7H2,1-3H3,(H,11,13). The summed E-state index contributed by atoms with van der Waals surface area (Å²) in [5.74, 6) is -0.180. The molecule has 0 bridgehead atoms. The van der Waals surface area contributed by atoms with Crippen molar-refractivity contribution in [3.05, 3.63) is 0 Å². The van der Waals surface area contributed by atoms with Gasteiger partial charge in [-0.1, -0.05) is 6.92 Å². The fourth-order valence-corrected chi connectivity index (χ4v) is 1.08. The smallest absolute Gasteiger partial charge is 0.239 e. The molecule has 0 aromatic heterocycles. The molecule has 14 heavy (non-hydrogen) atoms. The number of amides is 2. The first-order valence-electron chi connectivity index (χ1n) is 4.78. The zero-order chi connectivity index (χ0) is 11.0. The third-order valence-electron chi connectivity index (χ3n) is 1.79. The van der Waals surface area contributed by atoms with Crippen LogP contribution in [0.25, 0.3) is 0 Å². The molecule has 0 heterocycles. The first kappa shape index (κ1) is 12.9. The fraction of sp³-hybridized carbons (Fsp3) is 0.778. The van der Waals surface area contributed by atoms with E-state index in [0.29, 0.717) is 6.54 Å². The maximum atomic E-state index is 11.5. The highest BCUT2D eigenvalue weighted by molar-refractivity contribution is 5.85. The van der Waals surface area contributed by atoms with Crippen LogP contribution in [0.2, 0.25) is 0 Å². The second-order valence-electron chi connectivity index (χ2n) is 3.02. The lowest BCUT2D eigenvalue weighted by molar-refractivity contribution is -0.135. The molecule has 0 unspecified atom stereocenters. The van der Waals surface area contributed by atoms with Gasteiger partial charge in [0.2, 0.25) is 11.8 Å². The Balaban J connectivity index is 4.13. The molecule has 0 spiro atoms. The van der Waals surface area contributed by atoms with E-state index in [1.165, 1.54) is 0 Å². The number of rotatable bonds is 6. The monoisotopic (exact) mass is 201 g/mol. The summed E-state index contributed by atoms with van der Waals surface area (Å²) in [4.78, 5) is 24.1. The Morgan fingerprint density at radius 1 is 1.29 bits per heavy atom. The van der Waals surface area contributed by atoms with Gasteiger partial charge in [-0.15, -0.1) is 0 Å². The van der Waals surface area contributed by atoms with E-state index in [-0.39, 0.29) is 24.9 Å². The summed E-state index contributed by atoms with van der Waals surface area (Å²) in [6.07, 6.45) is 0.854. The van der Waals surface area contributed by atoms with Crippen molar-refractivity contribution < 1.29 is 9.59 Å². The van der Waals surface area contributed by atoms with E-state index < -0.39 is 0 Å². The first-order valence-corrected chi connectivity index (χ1v) is 4.78. The van der Waals surface area contributed by atoms with Crippen molar-refractivity contribution >= 4 is 11.8 Å². The maximum absolute atomic E-state index is 11.5. The molecule has 0 atom stereocenters. The van der Waals surface area contributed by atoms with Crippen molar-refractivity contribution in [1.29, 1.82) is 0 Å². The highest BCUT2D eigenvalue weighted by Gasteiger charge is 2.14. The quantitative estimate of drug-likeness (QED) is 0.591. The van der Waals surface area contributed by atoms with Crippen LogP contribution in [0.1, 0.15) is 13.3 Å². The number of hydrogen-bond donors (Lipinski definition) is 2. The maximum Gasteiger partial charge on any atom is 0.239 e. The van der Waals surface area contributed by atoms with Crippen molar-refractivity contribution in [2.75, 3.05) is 33.7 Å². The Kier molecular flexibility index (Phi) is 6.74. The van der Waals surface area contributed by atoms with Gasteiger partial charge in [0.05, 0.1) is 13.1 Å². The lowest BCUT2D eigenvalue weighted by Gasteiger charge is -2.20. The Morgan fingerprint density at radius 2 is 1.93 bits per heavy atom. The molecule has 2 N–H and O–H groups in total. The molecule has 0 aliphatic heterocycles. The van der Waals surface area contributed by atoms with Crippen LogP contribution in [0.15, 0.2) is 0 Å². The molecule has 0 aliphatic rings. The summed E-state index contributed by atoms with van der Waals surface area (Å²) in [6, 6.07) is 0. The van der Waals surface area contributed by atoms with E-state index >= 15 is 0 Å². The Morgan fingerprint density at radius 3 is 2.36 bits per heavy atom. The zero-order valence-corrected chi connectivity index (χ0v) is 9.09. The molecular formula is C9H19N3O2. The number of likely N-dealkylation sites (N-methyl/N-ethyl adjacent to an activating group) is 2. The number of nitrogens with one attached hydrogen (secondary N) is 2. The van der Waals surface area contributed by atoms with Gasteiger partial charge in [-0.25, -0.2) is 0 Å². The number of hydrogen-bond acceptors (Lipinski definition) is 3. The average molecular weight is 201 g/mol. The van der Waals surface area contributed by atoms with Gasteiger partial charge in [-0.2, -0.15) is 0 Å². The van der Waals surface area contributed by atoms with E-state index in [9.17, 15) is 9.59 Å². The van der Waals surface area contributed by atoms with Gasteiger partial charge >= 0.3 is 0 Å². The largest absolute Gasteiger partial charge is 0.358 e. The van der Waals surface area contributed by atoms with Gasteiger partial charge in [-0.05, 0) is 13.5 Å². The van der Waals surface area contributed by atoms with Crippen LogP contribution in [0, 0.1) is 0 Å². The SMILES string of the molecule is CCCN(CC(=O)NC)C(=O)CNC. The Hall–Kier alpha value is -1.10. The summed E-state index contributed by atoms with van der Waals surface area (Å²) < 4.78 is 0. The van der Waals surface area contributed by atoms with Gasteiger partial charge in [0.15, 0.2) is 0 Å². The van der Waals surface area contributed by atoms with E-state index in [1.807, 2.05) is 6.92 Å². The molecule has 0 aliphatic carbocycles. The molecule has 0 aromatic carbocycles. The second-order valence-corrected chi connectivity index (χ2v) is 3.02. The zero-order valence-electron chi connectivity index (χ0n) is 9.09. The molecule has 0 saturated carbocycles. The molecule has 2 amide bonds. The summed E-state index contributed by atoms with van der Waals surface area (Å²) in [7, 11) is 3.27. The average Bonchev–Trinajstić information content (AvgIpc) is 2.17. The summed E-state index contributed by atoms with van der Waals surface area (Å²) in [5.41, 5.74) is 0. The molecule has 82 valence electrons. The van der Waals surface area contributed by atoms with Crippen molar-refractivity contribution in [3.63, 3.8) is 0 Å². The minimum atomic E-state index is -0.136. The summed E-state index contributed by atoms with van der Waals surface area (Å²) in [5, 5.41) is 5.27. The first-order chi connectivity index (χ1) is 6.65. The predicted octanol–water partition coefficient (Wildman–Crippen LogP) is -0.810. The van der Waals surface area contributed by atoms with Crippen LogP contribution in [0.3, 0.4) is 0 Å². The number of carbonyl (C=O) groups excluding carboxylic acids is 2. The Labute approximate surface area is 84.8 Å². The Bertz CT molecular complexity index is 194. The third-order valence-corrected chi connectivity index (χ3v) is 1.79. The van der Waals surface area contributed by atoms with Gasteiger partial charge < -0.3 is 15.5 Å². The van der Waals surface area contributed by atoms with Gasteiger partial charge in [0, 0.05) is 13.6 Å². The minimum absolute atomic E-state index is 0.0436. The van der Waals surface area contributed by atoms with Crippen molar-refractivity contribution in [2.24, 2.45) is 0 Å². The summed E-state index contributed by atoms with van der Waals surface area (Å²) in [6.45, 7) is 3.01. The second kappa shape index (κ2) is 7.32. The van der Waals surface area contributed by atoms with Crippen LogP contribution in [-0.4, -0.2) is 50.4 Å². The molecule has 5 heteroatoms. The van der Waals surface area contributed by atoms with Crippen LogP contribution in [0.5, 0.6) is 0 Å². The van der Waals surface area contributed by atoms with Crippen molar-refractivity contribution in [3.8, 4) is 0 Å². The van der Waals surface area contributed by atoms with Crippen LogP contribution >= 0.6 is 0 Å². The molecule has 0 fully saturated rings. The highest BCUT2D eigenvalue weighted by atomic mass is 16.2. The molecular weight excluding hydrogens is 182 g/mol. The van der Waals surface area contributed by atoms with Gasteiger partial charge in [0.25, 0.3) is 0 Å². The van der Waals surface area contributed by atoms with E-state index in [0.717, 1.165) is 6.42 Å². The lowest BCUT2D eigenvalue weighted by atomic mass is 10.3. The van der Waals surface area contributed by atoms with E-state index in [4.69, 9.17) is 0 Å². The summed E-state index contributed by atoms with van der Waals surface area (Å²) >= 11 is 0. The van der Waals surface area contributed by atoms with Crippen LogP contribution in [0.4, 0.5) is 0 Å². The topological polar surface area (TPSA) is 61.4 Å². The lowest BCUT2D eigenvalue weighted by Crippen LogP contribution is -2.43. The fourth-order valence-electron chi connectivity index (χ4n) is 1.08. The van der Waals surface area contributed by atoms with E-state index in [1.54, 1.807) is 19.0 Å². The molecule has 0 radical (unpaired) electrons. The molecule has 5 nitrogen and oxygen atoms in total. The van der Waals surface area contributed by atoms with Crippen LogP contribution in [-0.2, 0) is 9.59 Å². The van der Waals surface area contributed by atoms with Crippen LogP contribution < -0.4 is 10.6 Å². The number of carbonyl (C=O) groups is 2. The molecule has 0 saturated heterocycles. The predicted molar refractivity (Wildman–Crippen MR) is 54.9 cm³/mol. The normalized spacial score (nSPS) is 9.64. The van der Waals surface area contributed by atoms with Gasteiger partial charge in [0.1, 0.15) is 0 Å². The number of nitrogens with zero attached hydrogens (tertiary/aromatic N) is 1. The molecule has 0 rings (SSSR count). The van der Waals surface area contributed by atoms with Gasteiger partial charge in [-0.3, -0.25) is 9.59 Å². The third kappa shape index (κ3) is 4.81. The highest BCUT2D eigenvalue weighted by Crippen LogP contribution is 1.92.